The second kappa shape index (κ2) is 6.67. The molecule has 0 saturated carbocycles. The molecule has 6 nitrogen and oxygen atoms in total. The van der Waals surface area contributed by atoms with E-state index in [-0.39, 0.29) is 11.0 Å². The van der Waals surface area contributed by atoms with E-state index >= 15 is 0 Å². The molecule has 3 amide bonds. The number of imide groups is 1. The van der Waals surface area contributed by atoms with Gasteiger partial charge in [0.1, 0.15) is 6.54 Å². The first-order valence-electron chi connectivity index (χ1n) is 6.93. The van der Waals surface area contributed by atoms with Crippen molar-refractivity contribution in [2.75, 3.05) is 6.54 Å². The smallest absolute Gasteiger partial charge is 0.338 e. The molecule has 1 heterocycles. The van der Waals surface area contributed by atoms with Gasteiger partial charge in [0.2, 0.25) is 11.7 Å². The Labute approximate surface area is 129 Å². The average molecular weight is 328 g/mol. The van der Waals surface area contributed by atoms with Gasteiger partial charge in [-0.3, -0.25) is 10.1 Å². The highest BCUT2D eigenvalue weighted by molar-refractivity contribution is 5.94. The molecular formula is C14H15F3N4O2. The summed E-state index contributed by atoms with van der Waals surface area (Å²) in [5.41, 5.74) is 0.298. The van der Waals surface area contributed by atoms with Crippen LogP contribution in [-0.4, -0.2) is 28.0 Å². The third-order valence-corrected chi connectivity index (χ3v) is 3.00. The van der Waals surface area contributed by atoms with E-state index in [1.165, 1.54) is 12.1 Å². The van der Waals surface area contributed by atoms with Crippen molar-refractivity contribution in [1.82, 2.24) is 20.2 Å². The topological polar surface area (TPSA) is 76.0 Å². The standard InChI is InChI=1S/C14H15F3N4O2/c1-2-7-18-13(23)20-11(22)8-21-10-6-4-3-5-9(10)19-12(21)14(15,16)17/h3-6H,2,7-8H2,1H3,(H2,18,20,22,23). The summed E-state index contributed by atoms with van der Waals surface area (Å²) < 4.78 is 40.0. The minimum atomic E-state index is -4.70. The molecule has 0 spiro atoms. The van der Waals surface area contributed by atoms with E-state index in [9.17, 15) is 22.8 Å². The summed E-state index contributed by atoms with van der Waals surface area (Å²) in [4.78, 5) is 26.7. The number of imidazole rings is 1. The lowest BCUT2D eigenvalue weighted by Crippen LogP contribution is -2.41. The molecule has 2 N–H and O–H groups in total. The zero-order valence-corrected chi connectivity index (χ0v) is 12.3. The van der Waals surface area contributed by atoms with E-state index in [0.717, 1.165) is 4.57 Å². The predicted molar refractivity (Wildman–Crippen MR) is 76.6 cm³/mol. The van der Waals surface area contributed by atoms with Crippen molar-refractivity contribution in [1.29, 1.82) is 0 Å². The molecule has 0 aliphatic rings. The quantitative estimate of drug-likeness (QED) is 0.904. The number of halogens is 3. The van der Waals surface area contributed by atoms with Crippen LogP contribution in [0, 0.1) is 0 Å². The first kappa shape index (κ1) is 16.8. The summed E-state index contributed by atoms with van der Waals surface area (Å²) in [7, 11) is 0. The normalized spacial score (nSPS) is 11.5. The van der Waals surface area contributed by atoms with Crippen molar-refractivity contribution < 1.29 is 22.8 Å². The molecule has 0 fully saturated rings. The van der Waals surface area contributed by atoms with Crippen LogP contribution in [0.25, 0.3) is 11.0 Å². The maximum atomic E-state index is 13.1. The first-order valence-corrected chi connectivity index (χ1v) is 6.93. The predicted octanol–water partition coefficient (Wildman–Crippen LogP) is 2.29. The zero-order valence-electron chi connectivity index (χ0n) is 12.3. The van der Waals surface area contributed by atoms with Gasteiger partial charge in [0.15, 0.2) is 0 Å². The number of para-hydroxylation sites is 2. The Morgan fingerprint density at radius 2 is 1.96 bits per heavy atom. The van der Waals surface area contributed by atoms with Gasteiger partial charge in [-0.25, -0.2) is 9.78 Å². The minimum absolute atomic E-state index is 0.128. The number of benzene rings is 1. The van der Waals surface area contributed by atoms with Crippen molar-refractivity contribution in [3.8, 4) is 0 Å². The van der Waals surface area contributed by atoms with E-state index in [0.29, 0.717) is 13.0 Å². The van der Waals surface area contributed by atoms with Gasteiger partial charge in [0.05, 0.1) is 11.0 Å². The second-order valence-corrected chi connectivity index (χ2v) is 4.81. The molecule has 2 aromatic rings. The molecule has 0 saturated heterocycles. The molecule has 0 atom stereocenters. The highest BCUT2D eigenvalue weighted by Crippen LogP contribution is 2.31. The van der Waals surface area contributed by atoms with E-state index in [2.05, 4.69) is 10.3 Å². The van der Waals surface area contributed by atoms with Gasteiger partial charge in [-0.15, -0.1) is 0 Å². The van der Waals surface area contributed by atoms with Gasteiger partial charge in [0, 0.05) is 6.54 Å². The summed E-state index contributed by atoms with van der Waals surface area (Å²) in [6, 6.07) is 5.22. The summed E-state index contributed by atoms with van der Waals surface area (Å²) in [6.07, 6.45) is -4.03. The van der Waals surface area contributed by atoms with Crippen LogP contribution in [-0.2, 0) is 17.5 Å². The molecule has 124 valence electrons. The van der Waals surface area contributed by atoms with E-state index in [1.807, 2.05) is 12.2 Å². The fraction of sp³-hybridized carbons (Fsp3) is 0.357. The van der Waals surface area contributed by atoms with Gasteiger partial charge in [-0.1, -0.05) is 19.1 Å². The third-order valence-electron chi connectivity index (χ3n) is 3.00. The number of aromatic nitrogens is 2. The van der Waals surface area contributed by atoms with Crippen LogP contribution >= 0.6 is 0 Å². The molecular weight excluding hydrogens is 313 g/mol. The fourth-order valence-electron chi connectivity index (χ4n) is 2.04. The van der Waals surface area contributed by atoms with Crippen molar-refractivity contribution in [2.45, 2.75) is 26.1 Å². The van der Waals surface area contributed by atoms with Crippen LogP contribution in [0.2, 0.25) is 0 Å². The maximum Gasteiger partial charge on any atom is 0.449 e. The summed E-state index contributed by atoms with van der Waals surface area (Å²) in [6.45, 7) is 1.53. The van der Waals surface area contributed by atoms with Crippen molar-refractivity contribution in [2.24, 2.45) is 0 Å². The van der Waals surface area contributed by atoms with E-state index in [4.69, 9.17) is 0 Å². The van der Waals surface area contributed by atoms with Crippen molar-refractivity contribution >= 4 is 23.0 Å². The first-order chi connectivity index (χ1) is 10.8. The summed E-state index contributed by atoms with van der Waals surface area (Å²) in [5.74, 6) is -2.03. The van der Waals surface area contributed by atoms with Crippen molar-refractivity contribution in [3.63, 3.8) is 0 Å². The van der Waals surface area contributed by atoms with Crippen LogP contribution in [0.3, 0.4) is 0 Å². The monoisotopic (exact) mass is 328 g/mol. The summed E-state index contributed by atoms with van der Waals surface area (Å²) >= 11 is 0. The molecule has 0 unspecified atom stereocenters. The Hall–Kier alpha value is -2.58. The number of carbonyl (C=O) groups is 2. The number of rotatable bonds is 4. The highest BCUT2D eigenvalue weighted by atomic mass is 19.4. The van der Waals surface area contributed by atoms with Crippen LogP contribution in [0.1, 0.15) is 19.2 Å². The van der Waals surface area contributed by atoms with Gasteiger partial charge in [-0.05, 0) is 18.6 Å². The van der Waals surface area contributed by atoms with Gasteiger partial charge in [0.25, 0.3) is 0 Å². The lowest BCUT2D eigenvalue weighted by Gasteiger charge is -2.11. The molecule has 0 bridgehead atoms. The number of fused-ring (bicyclic) bond motifs is 1. The lowest BCUT2D eigenvalue weighted by atomic mass is 10.3. The zero-order chi connectivity index (χ0) is 17.0. The molecule has 2 rings (SSSR count). The number of alkyl halides is 3. The average Bonchev–Trinajstić information content (AvgIpc) is 2.84. The molecule has 1 aromatic carbocycles. The molecule has 1 aromatic heterocycles. The van der Waals surface area contributed by atoms with Crippen LogP contribution in [0.15, 0.2) is 24.3 Å². The number of carbonyl (C=O) groups excluding carboxylic acids is 2. The van der Waals surface area contributed by atoms with Crippen LogP contribution in [0.4, 0.5) is 18.0 Å². The Bertz CT molecular complexity index is 724. The fourth-order valence-corrected chi connectivity index (χ4v) is 2.04. The Balaban J connectivity index is 2.25. The summed E-state index contributed by atoms with van der Waals surface area (Å²) in [5, 5.41) is 4.40. The van der Waals surface area contributed by atoms with Crippen molar-refractivity contribution in [3.05, 3.63) is 30.1 Å². The Morgan fingerprint density at radius 3 is 2.61 bits per heavy atom. The van der Waals surface area contributed by atoms with E-state index in [1.54, 1.807) is 12.1 Å². The van der Waals surface area contributed by atoms with Gasteiger partial charge < -0.3 is 9.88 Å². The Morgan fingerprint density at radius 1 is 1.26 bits per heavy atom. The highest BCUT2D eigenvalue weighted by Gasteiger charge is 2.38. The van der Waals surface area contributed by atoms with Crippen LogP contribution in [0.5, 0.6) is 0 Å². The maximum absolute atomic E-state index is 13.1. The van der Waals surface area contributed by atoms with Crippen LogP contribution < -0.4 is 10.6 Å². The minimum Gasteiger partial charge on any atom is -0.338 e. The molecule has 23 heavy (non-hydrogen) atoms. The third kappa shape index (κ3) is 3.99. The number of urea groups is 1. The number of nitrogens with one attached hydrogen (secondary N) is 2. The lowest BCUT2D eigenvalue weighted by molar-refractivity contribution is -0.147. The number of amides is 3. The SMILES string of the molecule is CCCNC(=O)NC(=O)Cn1c(C(F)(F)F)nc2ccccc21. The largest absolute Gasteiger partial charge is 0.449 e. The molecule has 0 aliphatic heterocycles. The number of hydrogen-bond donors (Lipinski definition) is 2. The number of nitrogens with zero attached hydrogens (tertiary/aromatic N) is 2. The number of hydrogen-bond acceptors (Lipinski definition) is 3. The Kier molecular flexibility index (Phi) is 4.87. The van der Waals surface area contributed by atoms with Gasteiger partial charge >= 0.3 is 12.2 Å². The van der Waals surface area contributed by atoms with E-state index < -0.39 is 30.5 Å². The van der Waals surface area contributed by atoms with Gasteiger partial charge in [-0.2, -0.15) is 13.2 Å². The second-order valence-electron chi connectivity index (χ2n) is 4.81. The molecule has 0 aliphatic carbocycles. The molecule has 0 radical (unpaired) electrons. The molecule has 9 heteroatoms.